The monoisotopic (exact) mass is 488 g/mol. The molecule has 0 aliphatic heterocycles. The van der Waals surface area contributed by atoms with E-state index in [0.717, 1.165) is 29.0 Å². The molecule has 4 aromatic heterocycles. The van der Waals surface area contributed by atoms with Gasteiger partial charge in [-0.1, -0.05) is 17.7 Å². The minimum Gasteiger partial charge on any atom is -0.444 e. The van der Waals surface area contributed by atoms with Crippen molar-refractivity contribution in [3.05, 3.63) is 60.4 Å². The van der Waals surface area contributed by atoms with Crippen molar-refractivity contribution in [3.63, 3.8) is 0 Å². The number of aromatic nitrogens is 6. The van der Waals surface area contributed by atoms with Crippen LogP contribution in [-0.4, -0.2) is 52.5 Å². The molecule has 1 aliphatic rings. The molecule has 0 saturated heterocycles. The van der Waals surface area contributed by atoms with Crippen LogP contribution >= 0.6 is 0 Å². The predicted octanol–water partition coefficient (Wildman–Crippen LogP) is 4.16. The van der Waals surface area contributed by atoms with E-state index in [9.17, 15) is 4.79 Å². The molecule has 0 bridgehead atoms. The molecule has 188 valence electrons. The van der Waals surface area contributed by atoms with Crippen LogP contribution in [0.1, 0.15) is 51.3 Å². The van der Waals surface area contributed by atoms with Crippen molar-refractivity contribution in [1.29, 1.82) is 0 Å². The summed E-state index contributed by atoms with van der Waals surface area (Å²) in [5, 5.41) is 8.46. The Kier molecular flexibility index (Phi) is 6.34. The van der Waals surface area contributed by atoms with E-state index in [1.165, 1.54) is 19.3 Å². The molecule has 0 atom stereocenters. The molecule has 10 heteroatoms. The fraction of sp³-hybridized carbons (Fsp3) is 0.423. The second kappa shape index (κ2) is 9.60. The van der Waals surface area contributed by atoms with Gasteiger partial charge in [-0.25, -0.2) is 14.5 Å². The van der Waals surface area contributed by atoms with Gasteiger partial charge in [0.05, 0.1) is 30.7 Å². The van der Waals surface area contributed by atoms with Gasteiger partial charge in [-0.3, -0.25) is 4.98 Å². The van der Waals surface area contributed by atoms with Crippen LogP contribution in [0.5, 0.6) is 0 Å². The Hall–Kier alpha value is -3.95. The van der Waals surface area contributed by atoms with Gasteiger partial charge in [0.1, 0.15) is 16.9 Å². The van der Waals surface area contributed by atoms with Crippen LogP contribution in [-0.2, 0) is 17.8 Å². The predicted molar refractivity (Wildman–Crippen MR) is 136 cm³/mol. The van der Waals surface area contributed by atoms with Crippen LogP contribution in [0.4, 0.5) is 10.5 Å². The first-order valence-electron chi connectivity index (χ1n) is 12.3. The third kappa shape index (κ3) is 5.64. The number of imidazole rings is 1. The molecule has 0 spiro atoms. The van der Waals surface area contributed by atoms with Gasteiger partial charge >= 0.3 is 6.09 Å². The van der Waals surface area contributed by atoms with Crippen LogP contribution in [0.2, 0.25) is 0 Å². The van der Waals surface area contributed by atoms with Gasteiger partial charge in [-0.15, -0.1) is 5.10 Å². The highest BCUT2D eigenvalue weighted by atomic mass is 16.6. The van der Waals surface area contributed by atoms with Gasteiger partial charge in [0.25, 0.3) is 0 Å². The van der Waals surface area contributed by atoms with E-state index < -0.39 is 5.60 Å². The van der Waals surface area contributed by atoms with E-state index in [-0.39, 0.29) is 6.09 Å². The summed E-state index contributed by atoms with van der Waals surface area (Å²) in [6.45, 7) is 7.39. The van der Waals surface area contributed by atoms with Crippen LogP contribution in [0.3, 0.4) is 0 Å². The summed E-state index contributed by atoms with van der Waals surface area (Å²) < 4.78 is 9.41. The van der Waals surface area contributed by atoms with Gasteiger partial charge in [0.2, 0.25) is 0 Å². The molecule has 1 saturated carbocycles. The van der Waals surface area contributed by atoms with Crippen molar-refractivity contribution < 1.29 is 9.53 Å². The molecule has 0 radical (unpaired) electrons. The number of nitrogens with two attached hydrogens (primary N) is 1. The minimum absolute atomic E-state index is 0.266. The zero-order chi connectivity index (χ0) is 25.3. The molecule has 1 aliphatic carbocycles. The first-order valence-corrected chi connectivity index (χ1v) is 12.3. The number of hydrogen-bond acceptors (Lipinski definition) is 7. The SMILES string of the molecule is CC(C)(C)OC(=O)N(Cc1ccc2nc(Cn3cc(-c4cncc(N)c4)nn3)cn2c1)CC1CCC1. The number of ether oxygens (including phenoxy) is 1. The highest BCUT2D eigenvalue weighted by Gasteiger charge is 2.27. The maximum atomic E-state index is 12.9. The zero-order valence-corrected chi connectivity index (χ0v) is 21.0. The summed E-state index contributed by atoms with van der Waals surface area (Å²) in [5.41, 5.74) is 10.1. The van der Waals surface area contributed by atoms with E-state index in [0.29, 0.717) is 30.4 Å². The lowest BCUT2D eigenvalue weighted by molar-refractivity contribution is 0.0173. The van der Waals surface area contributed by atoms with E-state index in [1.54, 1.807) is 17.1 Å². The van der Waals surface area contributed by atoms with Crippen molar-refractivity contribution in [2.45, 2.75) is 58.7 Å². The first-order chi connectivity index (χ1) is 17.2. The Balaban J connectivity index is 1.30. The van der Waals surface area contributed by atoms with E-state index in [2.05, 4.69) is 15.3 Å². The number of fused-ring (bicyclic) bond motifs is 1. The lowest BCUT2D eigenvalue weighted by Gasteiger charge is -2.33. The van der Waals surface area contributed by atoms with Crippen LogP contribution in [0, 0.1) is 5.92 Å². The molecular formula is C26H32N8O2. The Morgan fingerprint density at radius 1 is 1.19 bits per heavy atom. The van der Waals surface area contributed by atoms with Crippen LogP contribution < -0.4 is 5.73 Å². The Morgan fingerprint density at radius 2 is 2.03 bits per heavy atom. The maximum Gasteiger partial charge on any atom is 0.410 e. The van der Waals surface area contributed by atoms with Crippen LogP contribution in [0.25, 0.3) is 16.9 Å². The Labute approximate surface area is 210 Å². The van der Waals surface area contributed by atoms with Gasteiger partial charge < -0.3 is 19.8 Å². The van der Waals surface area contributed by atoms with Gasteiger partial charge in [-0.2, -0.15) is 0 Å². The third-order valence-corrected chi connectivity index (χ3v) is 6.21. The minimum atomic E-state index is -0.525. The van der Waals surface area contributed by atoms with Gasteiger partial charge in [-0.05, 0) is 57.2 Å². The molecule has 5 rings (SSSR count). The summed E-state index contributed by atoms with van der Waals surface area (Å²) in [5.74, 6) is 0.553. The molecule has 36 heavy (non-hydrogen) atoms. The number of carbonyl (C=O) groups is 1. The molecule has 4 heterocycles. The van der Waals surface area contributed by atoms with Crippen LogP contribution in [0.15, 0.2) is 49.2 Å². The molecular weight excluding hydrogens is 456 g/mol. The molecule has 10 nitrogen and oxygen atoms in total. The number of rotatable bonds is 7. The summed E-state index contributed by atoms with van der Waals surface area (Å²) in [6.07, 6.45) is 12.5. The number of amides is 1. The van der Waals surface area contributed by atoms with Crippen molar-refractivity contribution >= 4 is 17.4 Å². The smallest absolute Gasteiger partial charge is 0.410 e. The molecule has 1 amide bonds. The average Bonchev–Trinajstić information content (AvgIpc) is 3.40. The summed E-state index contributed by atoms with van der Waals surface area (Å²) in [6, 6.07) is 5.81. The van der Waals surface area contributed by atoms with Crippen molar-refractivity contribution in [3.8, 4) is 11.3 Å². The number of carbonyl (C=O) groups excluding carboxylic acids is 1. The fourth-order valence-electron chi connectivity index (χ4n) is 4.27. The second-order valence-electron chi connectivity index (χ2n) is 10.5. The lowest BCUT2D eigenvalue weighted by Crippen LogP contribution is -2.40. The summed E-state index contributed by atoms with van der Waals surface area (Å²) in [7, 11) is 0. The largest absolute Gasteiger partial charge is 0.444 e. The standard InChI is InChI=1S/C26H32N8O2/c1-26(2,3)36-25(35)33(12-18-5-4-6-18)14-19-7-8-24-29-22(15-32(24)13-19)16-34-17-23(30-31-34)20-9-21(27)11-28-10-20/h7-11,13,15,17-18H,4-6,12,14,16,27H2,1-3H3. The number of pyridine rings is 2. The molecule has 2 N–H and O–H groups in total. The fourth-order valence-corrected chi connectivity index (χ4v) is 4.27. The third-order valence-electron chi connectivity index (χ3n) is 6.21. The quantitative estimate of drug-likeness (QED) is 0.415. The summed E-state index contributed by atoms with van der Waals surface area (Å²) >= 11 is 0. The maximum absolute atomic E-state index is 12.9. The number of hydrogen-bond donors (Lipinski definition) is 1. The topological polar surface area (TPSA) is 116 Å². The molecule has 0 aromatic carbocycles. The summed E-state index contributed by atoms with van der Waals surface area (Å²) in [4.78, 5) is 23.5. The van der Waals surface area contributed by atoms with E-state index >= 15 is 0 Å². The van der Waals surface area contributed by atoms with E-state index in [4.69, 9.17) is 15.5 Å². The number of nitrogen functional groups attached to an aromatic ring is 1. The number of anilines is 1. The van der Waals surface area contributed by atoms with Gasteiger partial charge in [0.15, 0.2) is 0 Å². The van der Waals surface area contributed by atoms with Crippen molar-refractivity contribution in [2.75, 3.05) is 12.3 Å². The molecule has 0 unspecified atom stereocenters. The second-order valence-corrected chi connectivity index (χ2v) is 10.5. The average molecular weight is 489 g/mol. The first kappa shape index (κ1) is 23.8. The van der Waals surface area contributed by atoms with Crippen molar-refractivity contribution in [2.24, 2.45) is 5.92 Å². The Morgan fingerprint density at radius 3 is 2.75 bits per heavy atom. The highest BCUT2D eigenvalue weighted by molar-refractivity contribution is 5.68. The van der Waals surface area contributed by atoms with E-state index in [1.807, 2.05) is 66.9 Å². The zero-order valence-electron chi connectivity index (χ0n) is 21.0. The van der Waals surface area contributed by atoms with Gasteiger partial charge in [0, 0.05) is 36.9 Å². The van der Waals surface area contributed by atoms with Crippen molar-refractivity contribution in [1.82, 2.24) is 34.3 Å². The number of nitrogens with zero attached hydrogens (tertiary/aromatic N) is 7. The lowest BCUT2D eigenvalue weighted by atomic mass is 9.85. The highest BCUT2D eigenvalue weighted by Crippen LogP contribution is 2.28. The normalized spacial score (nSPS) is 14.1. The Bertz CT molecular complexity index is 1370. The molecule has 4 aromatic rings. The molecule has 1 fully saturated rings.